The molecule has 110 valence electrons. The van der Waals surface area contributed by atoms with Gasteiger partial charge < -0.3 is 14.6 Å². The van der Waals surface area contributed by atoms with Crippen LogP contribution in [0.25, 0.3) is 0 Å². The summed E-state index contributed by atoms with van der Waals surface area (Å²) in [5.41, 5.74) is -0.483. The first-order valence-corrected chi connectivity index (χ1v) is 6.40. The number of carboxylic acid groups (broad SMARTS) is 1. The van der Waals surface area contributed by atoms with Gasteiger partial charge in [-0.3, -0.25) is 0 Å². The zero-order valence-corrected chi connectivity index (χ0v) is 11.4. The number of carboxylic acids is 1. The molecule has 0 saturated carbocycles. The minimum atomic E-state index is -1.37. The van der Waals surface area contributed by atoms with Crippen molar-refractivity contribution in [1.82, 2.24) is 4.98 Å². The summed E-state index contributed by atoms with van der Waals surface area (Å²) in [5.74, 6) is -1.73. The maximum absolute atomic E-state index is 13.9. The molecular formula is C15H14FNO4. The molecule has 21 heavy (non-hydrogen) atoms. The smallest absolute Gasteiger partial charge is 0.338 e. The minimum Gasteiger partial charge on any atom is -0.494 e. The van der Waals surface area contributed by atoms with Gasteiger partial charge in [0.2, 0.25) is 0 Å². The van der Waals surface area contributed by atoms with Crippen molar-refractivity contribution in [1.29, 1.82) is 0 Å². The number of ether oxygens (including phenoxy) is 2. The fourth-order valence-electron chi connectivity index (χ4n) is 1.60. The summed E-state index contributed by atoms with van der Waals surface area (Å²) < 4.78 is 24.5. The molecule has 0 aliphatic heterocycles. The zero-order valence-electron chi connectivity index (χ0n) is 11.4. The Bertz CT molecular complexity index is 628. The van der Waals surface area contributed by atoms with Gasteiger partial charge in [-0.05, 0) is 36.8 Å². The molecule has 0 spiro atoms. The van der Waals surface area contributed by atoms with Crippen LogP contribution in [0.4, 0.5) is 4.39 Å². The van der Waals surface area contributed by atoms with Crippen LogP contribution in [0.3, 0.4) is 0 Å². The highest BCUT2D eigenvalue weighted by Gasteiger charge is 2.16. The van der Waals surface area contributed by atoms with E-state index in [9.17, 15) is 9.18 Å². The number of halogens is 1. The lowest BCUT2D eigenvalue weighted by atomic mass is 10.2. The van der Waals surface area contributed by atoms with Crippen LogP contribution >= 0.6 is 0 Å². The van der Waals surface area contributed by atoms with E-state index in [4.69, 9.17) is 14.6 Å². The van der Waals surface area contributed by atoms with Crippen LogP contribution in [0.5, 0.6) is 17.4 Å². The lowest BCUT2D eigenvalue weighted by Crippen LogP contribution is -2.03. The van der Waals surface area contributed by atoms with E-state index in [1.54, 1.807) is 24.3 Å². The fourth-order valence-corrected chi connectivity index (χ4v) is 1.60. The van der Waals surface area contributed by atoms with E-state index in [1.807, 2.05) is 6.92 Å². The highest BCUT2D eigenvalue weighted by molar-refractivity contribution is 5.88. The third-order valence-electron chi connectivity index (χ3n) is 2.60. The SMILES string of the molecule is CCCOc1ccc(Oc2nccc(C(=O)O)c2F)cc1. The number of carbonyl (C=O) groups is 1. The lowest BCUT2D eigenvalue weighted by Gasteiger charge is -2.08. The van der Waals surface area contributed by atoms with Crippen LogP contribution in [-0.2, 0) is 0 Å². The topological polar surface area (TPSA) is 68.7 Å². The number of aromatic nitrogens is 1. The van der Waals surface area contributed by atoms with E-state index in [-0.39, 0.29) is 5.88 Å². The maximum Gasteiger partial charge on any atom is 0.338 e. The molecule has 0 atom stereocenters. The first kappa shape index (κ1) is 14.8. The molecule has 1 N–H and O–H groups in total. The van der Waals surface area contributed by atoms with Crippen molar-refractivity contribution in [3.8, 4) is 17.4 Å². The van der Waals surface area contributed by atoms with Gasteiger partial charge in [-0.1, -0.05) is 6.92 Å². The molecule has 6 heteroatoms. The monoisotopic (exact) mass is 291 g/mol. The van der Waals surface area contributed by atoms with Gasteiger partial charge in [-0.15, -0.1) is 0 Å². The summed E-state index contributed by atoms with van der Waals surface area (Å²) in [6.45, 7) is 2.61. The summed E-state index contributed by atoms with van der Waals surface area (Å²) >= 11 is 0. The van der Waals surface area contributed by atoms with E-state index in [0.717, 1.165) is 12.5 Å². The number of hydrogen-bond acceptors (Lipinski definition) is 4. The first-order valence-electron chi connectivity index (χ1n) is 6.40. The molecular weight excluding hydrogens is 277 g/mol. The van der Waals surface area contributed by atoms with Gasteiger partial charge in [0.15, 0.2) is 5.82 Å². The summed E-state index contributed by atoms with van der Waals surface area (Å²) in [4.78, 5) is 14.5. The van der Waals surface area contributed by atoms with Crippen molar-refractivity contribution in [2.24, 2.45) is 0 Å². The molecule has 0 fully saturated rings. The van der Waals surface area contributed by atoms with Crippen molar-refractivity contribution in [3.05, 3.63) is 47.9 Å². The lowest BCUT2D eigenvalue weighted by molar-refractivity contribution is 0.0690. The van der Waals surface area contributed by atoms with Gasteiger partial charge in [0.1, 0.15) is 17.1 Å². The Balaban J connectivity index is 2.15. The Hall–Kier alpha value is -2.63. The average molecular weight is 291 g/mol. The fraction of sp³-hybridized carbons (Fsp3) is 0.200. The predicted octanol–water partition coefficient (Wildman–Crippen LogP) is 3.50. The Kier molecular flexibility index (Phi) is 4.71. The predicted molar refractivity (Wildman–Crippen MR) is 73.5 cm³/mol. The van der Waals surface area contributed by atoms with Crippen LogP contribution in [0.1, 0.15) is 23.7 Å². The molecule has 0 radical (unpaired) electrons. The standard InChI is InChI=1S/C15H14FNO4/c1-2-9-20-10-3-5-11(6-4-10)21-14-13(16)12(15(18)19)7-8-17-14/h3-8H,2,9H2,1H3,(H,18,19). The Labute approximate surface area is 121 Å². The van der Waals surface area contributed by atoms with Crippen LogP contribution < -0.4 is 9.47 Å². The van der Waals surface area contributed by atoms with Gasteiger partial charge in [0, 0.05) is 6.20 Å². The Morgan fingerprint density at radius 2 is 1.90 bits per heavy atom. The molecule has 2 aromatic rings. The molecule has 0 amide bonds. The normalized spacial score (nSPS) is 10.2. The minimum absolute atomic E-state index is 0.341. The van der Waals surface area contributed by atoms with Gasteiger partial charge >= 0.3 is 5.97 Å². The van der Waals surface area contributed by atoms with E-state index in [0.29, 0.717) is 18.1 Å². The second-order valence-corrected chi connectivity index (χ2v) is 4.20. The van der Waals surface area contributed by atoms with E-state index in [2.05, 4.69) is 4.98 Å². The second-order valence-electron chi connectivity index (χ2n) is 4.20. The van der Waals surface area contributed by atoms with E-state index >= 15 is 0 Å². The number of benzene rings is 1. The Morgan fingerprint density at radius 1 is 1.24 bits per heavy atom. The van der Waals surface area contributed by atoms with Crippen LogP contribution in [-0.4, -0.2) is 22.7 Å². The Morgan fingerprint density at radius 3 is 2.52 bits per heavy atom. The molecule has 1 aromatic carbocycles. The maximum atomic E-state index is 13.9. The average Bonchev–Trinajstić information content (AvgIpc) is 2.48. The quantitative estimate of drug-likeness (QED) is 0.882. The number of pyridine rings is 1. The number of hydrogen-bond donors (Lipinski definition) is 1. The van der Waals surface area contributed by atoms with Gasteiger partial charge in [0.25, 0.3) is 5.88 Å². The van der Waals surface area contributed by atoms with Crippen molar-refractivity contribution in [3.63, 3.8) is 0 Å². The van der Waals surface area contributed by atoms with Crippen molar-refractivity contribution < 1.29 is 23.8 Å². The second kappa shape index (κ2) is 6.69. The van der Waals surface area contributed by atoms with Crippen molar-refractivity contribution >= 4 is 5.97 Å². The van der Waals surface area contributed by atoms with E-state index < -0.39 is 17.3 Å². The van der Waals surface area contributed by atoms with Crippen molar-refractivity contribution in [2.45, 2.75) is 13.3 Å². The first-order chi connectivity index (χ1) is 10.1. The highest BCUT2D eigenvalue weighted by atomic mass is 19.1. The third kappa shape index (κ3) is 3.68. The number of rotatable bonds is 6. The molecule has 0 aliphatic carbocycles. The molecule has 0 aliphatic rings. The number of nitrogens with zero attached hydrogens (tertiary/aromatic N) is 1. The summed E-state index contributed by atoms with van der Waals surface area (Å²) in [6, 6.07) is 7.64. The molecule has 0 unspecified atom stereocenters. The number of aromatic carboxylic acids is 1. The van der Waals surface area contributed by atoms with Gasteiger partial charge in [-0.2, -0.15) is 0 Å². The molecule has 1 heterocycles. The molecule has 0 saturated heterocycles. The highest BCUT2D eigenvalue weighted by Crippen LogP contribution is 2.25. The molecule has 1 aromatic heterocycles. The molecule has 2 rings (SSSR count). The molecule has 0 bridgehead atoms. The van der Waals surface area contributed by atoms with Crippen LogP contribution in [0.15, 0.2) is 36.5 Å². The summed E-state index contributed by atoms with van der Waals surface area (Å²) in [6.07, 6.45) is 2.08. The van der Waals surface area contributed by atoms with Gasteiger partial charge in [0.05, 0.1) is 6.61 Å². The van der Waals surface area contributed by atoms with Crippen molar-refractivity contribution in [2.75, 3.05) is 6.61 Å². The summed E-state index contributed by atoms with van der Waals surface area (Å²) in [5, 5.41) is 8.84. The third-order valence-corrected chi connectivity index (χ3v) is 2.60. The van der Waals surface area contributed by atoms with Gasteiger partial charge in [-0.25, -0.2) is 14.2 Å². The van der Waals surface area contributed by atoms with E-state index in [1.165, 1.54) is 6.20 Å². The van der Waals surface area contributed by atoms with Crippen LogP contribution in [0, 0.1) is 5.82 Å². The van der Waals surface area contributed by atoms with Crippen LogP contribution in [0.2, 0.25) is 0 Å². The molecule has 5 nitrogen and oxygen atoms in total. The zero-order chi connectivity index (χ0) is 15.2. The largest absolute Gasteiger partial charge is 0.494 e. The summed E-state index contributed by atoms with van der Waals surface area (Å²) in [7, 11) is 0.